The molecule has 9 heteroatoms. The van der Waals surface area contributed by atoms with Crippen LogP contribution in [0.25, 0.3) is 0 Å². The molecule has 0 aliphatic carbocycles. The van der Waals surface area contributed by atoms with Gasteiger partial charge in [0.15, 0.2) is 6.61 Å². The molecule has 0 fully saturated rings. The molecule has 2 N–H and O–H groups in total. The molecular formula is C16H23FN2O5S. The molecule has 0 saturated carbocycles. The van der Waals surface area contributed by atoms with Gasteiger partial charge in [0.1, 0.15) is 5.82 Å². The summed E-state index contributed by atoms with van der Waals surface area (Å²) >= 11 is 0. The Hall–Kier alpha value is -2.00. The SMILES string of the molecule is CC(C)(C)NC(=O)COC(=O)CCCNS(=O)(=O)c1ccc(F)cc1. The van der Waals surface area contributed by atoms with Gasteiger partial charge in [-0.2, -0.15) is 0 Å². The summed E-state index contributed by atoms with van der Waals surface area (Å²) < 4.78 is 43.8. The van der Waals surface area contributed by atoms with Gasteiger partial charge in [-0.05, 0) is 51.5 Å². The topological polar surface area (TPSA) is 102 Å². The summed E-state index contributed by atoms with van der Waals surface area (Å²) in [5, 5.41) is 2.65. The van der Waals surface area contributed by atoms with Gasteiger partial charge in [-0.25, -0.2) is 17.5 Å². The third kappa shape index (κ3) is 8.59. The quantitative estimate of drug-likeness (QED) is 0.528. The number of carbonyl (C=O) groups is 2. The molecule has 0 aliphatic heterocycles. The van der Waals surface area contributed by atoms with E-state index in [9.17, 15) is 22.4 Å². The molecule has 0 aliphatic rings. The molecule has 0 saturated heterocycles. The maximum Gasteiger partial charge on any atom is 0.306 e. The van der Waals surface area contributed by atoms with Crippen LogP contribution in [0.15, 0.2) is 29.2 Å². The highest BCUT2D eigenvalue weighted by Crippen LogP contribution is 2.09. The van der Waals surface area contributed by atoms with Gasteiger partial charge in [-0.1, -0.05) is 0 Å². The first kappa shape index (κ1) is 21.0. The van der Waals surface area contributed by atoms with Gasteiger partial charge in [0, 0.05) is 18.5 Å². The summed E-state index contributed by atoms with van der Waals surface area (Å²) in [6.07, 6.45) is 0.175. The van der Waals surface area contributed by atoms with Crippen molar-refractivity contribution in [2.75, 3.05) is 13.2 Å². The normalized spacial score (nSPS) is 11.8. The lowest BCUT2D eigenvalue weighted by molar-refractivity contribution is -0.149. The monoisotopic (exact) mass is 374 g/mol. The molecule has 0 aromatic heterocycles. The summed E-state index contributed by atoms with van der Waals surface area (Å²) in [5.41, 5.74) is -0.415. The number of halogens is 1. The lowest BCUT2D eigenvalue weighted by atomic mass is 10.1. The number of amides is 1. The molecule has 0 radical (unpaired) electrons. The Kier molecular flexibility index (Phi) is 7.50. The number of hydrogen-bond donors (Lipinski definition) is 2. The number of esters is 1. The second kappa shape index (κ2) is 8.91. The summed E-state index contributed by atoms with van der Waals surface area (Å²) in [7, 11) is -3.75. The van der Waals surface area contributed by atoms with E-state index in [2.05, 4.69) is 10.0 Å². The molecule has 0 unspecified atom stereocenters. The third-order valence-corrected chi connectivity index (χ3v) is 4.33. The summed E-state index contributed by atoms with van der Waals surface area (Å²) in [5.74, 6) is -1.53. The van der Waals surface area contributed by atoms with E-state index >= 15 is 0 Å². The zero-order valence-corrected chi connectivity index (χ0v) is 15.3. The first-order valence-electron chi connectivity index (χ1n) is 7.71. The maximum atomic E-state index is 12.8. The van der Waals surface area contributed by atoms with E-state index in [-0.39, 0.29) is 30.9 Å². The van der Waals surface area contributed by atoms with Crippen molar-refractivity contribution in [2.24, 2.45) is 0 Å². The maximum absolute atomic E-state index is 12.8. The van der Waals surface area contributed by atoms with E-state index in [0.717, 1.165) is 24.3 Å². The van der Waals surface area contributed by atoms with Crippen LogP contribution in [0, 0.1) is 5.82 Å². The number of nitrogens with one attached hydrogen (secondary N) is 2. The number of rotatable bonds is 8. The molecule has 1 rings (SSSR count). The smallest absolute Gasteiger partial charge is 0.306 e. The average molecular weight is 374 g/mol. The van der Waals surface area contributed by atoms with Gasteiger partial charge < -0.3 is 10.1 Å². The van der Waals surface area contributed by atoms with Crippen molar-refractivity contribution in [3.63, 3.8) is 0 Å². The van der Waals surface area contributed by atoms with Crippen LogP contribution < -0.4 is 10.0 Å². The highest BCUT2D eigenvalue weighted by Gasteiger charge is 2.16. The number of benzene rings is 1. The van der Waals surface area contributed by atoms with Crippen molar-refractivity contribution < 1.29 is 27.1 Å². The minimum Gasteiger partial charge on any atom is -0.456 e. The molecule has 1 aromatic rings. The van der Waals surface area contributed by atoms with Crippen molar-refractivity contribution in [3.8, 4) is 0 Å². The van der Waals surface area contributed by atoms with E-state index in [4.69, 9.17) is 4.74 Å². The fourth-order valence-electron chi connectivity index (χ4n) is 1.81. The van der Waals surface area contributed by atoms with E-state index in [1.807, 2.05) is 0 Å². The van der Waals surface area contributed by atoms with E-state index in [1.54, 1.807) is 20.8 Å². The largest absolute Gasteiger partial charge is 0.456 e. The fourth-order valence-corrected chi connectivity index (χ4v) is 2.88. The number of ether oxygens (including phenoxy) is 1. The molecule has 0 atom stereocenters. The molecule has 140 valence electrons. The van der Waals surface area contributed by atoms with Crippen LogP contribution in [0.5, 0.6) is 0 Å². The van der Waals surface area contributed by atoms with Crippen LogP contribution in [0.3, 0.4) is 0 Å². The summed E-state index contributed by atoms with van der Waals surface area (Å²) in [4.78, 5) is 23.0. The van der Waals surface area contributed by atoms with E-state index in [1.165, 1.54) is 0 Å². The van der Waals surface area contributed by atoms with Crippen LogP contribution in [0.4, 0.5) is 4.39 Å². The van der Waals surface area contributed by atoms with Gasteiger partial charge in [0.05, 0.1) is 4.90 Å². The summed E-state index contributed by atoms with van der Waals surface area (Å²) in [6, 6.07) is 4.41. The lowest BCUT2D eigenvalue weighted by Gasteiger charge is -2.20. The van der Waals surface area contributed by atoms with Gasteiger partial charge >= 0.3 is 5.97 Å². The Labute approximate surface area is 147 Å². The number of hydrogen-bond acceptors (Lipinski definition) is 5. The standard InChI is InChI=1S/C16H23FN2O5S/c1-16(2,3)19-14(20)11-24-15(21)5-4-10-18-25(22,23)13-8-6-12(17)7-9-13/h6-9,18H,4-5,10-11H2,1-3H3,(H,19,20). The van der Waals surface area contributed by atoms with E-state index in [0.29, 0.717) is 0 Å². The van der Waals surface area contributed by atoms with E-state index < -0.39 is 33.3 Å². The first-order chi connectivity index (χ1) is 11.5. The molecule has 0 spiro atoms. The Balaban J connectivity index is 2.29. The molecule has 0 heterocycles. The van der Waals surface area contributed by atoms with Gasteiger partial charge in [0.2, 0.25) is 10.0 Å². The average Bonchev–Trinajstić information content (AvgIpc) is 2.48. The van der Waals surface area contributed by atoms with Crippen LogP contribution in [0.1, 0.15) is 33.6 Å². The van der Waals surface area contributed by atoms with Crippen molar-refractivity contribution >= 4 is 21.9 Å². The van der Waals surface area contributed by atoms with Crippen molar-refractivity contribution in [1.29, 1.82) is 0 Å². The Bertz CT molecular complexity index is 696. The van der Waals surface area contributed by atoms with Crippen LogP contribution in [-0.2, 0) is 24.3 Å². The van der Waals surface area contributed by atoms with Crippen LogP contribution >= 0.6 is 0 Å². The number of sulfonamides is 1. The highest BCUT2D eigenvalue weighted by molar-refractivity contribution is 7.89. The first-order valence-corrected chi connectivity index (χ1v) is 9.20. The second-order valence-electron chi connectivity index (χ2n) is 6.41. The second-order valence-corrected chi connectivity index (χ2v) is 8.18. The van der Waals surface area contributed by atoms with Crippen molar-refractivity contribution in [2.45, 2.75) is 44.0 Å². The molecular weight excluding hydrogens is 351 g/mol. The zero-order chi connectivity index (χ0) is 19.1. The van der Waals surface area contributed by atoms with Crippen molar-refractivity contribution in [3.05, 3.63) is 30.1 Å². The third-order valence-electron chi connectivity index (χ3n) is 2.85. The molecule has 25 heavy (non-hydrogen) atoms. The van der Waals surface area contributed by atoms with Gasteiger partial charge in [-0.3, -0.25) is 9.59 Å². The van der Waals surface area contributed by atoms with Crippen LogP contribution in [0.2, 0.25) is 0 Å². The highest BCUT2D eigenvalue weighted by atomic mass is 32.2. The fraction of sp³-hybridized carbons (Fsp3) is 0.500. The lowest BCUT2D eigenvalue weighted by Crippen LogP contribution is -2.42. The molecule has 0 bridgehead atoms. The van der Waals surface area contributed by atoms with Crippen molar-refractivity contribution in [1.82, 2.24) is 10.0 Å². The van der Waals surface area contributed by atoms with Gasteiger partial charge in [-0.15, -0.1) is 0 Å². The molecule has 1 amide bonds. The van der Waals surface area contributed by atoms with Gasteiger partial charge in [0.25, 0.3) is 5.91 Å². The molecule has 1 aromatic carbocycles. The molecule has 7 nitrogen and oxygen atoms in total. The zero-order valence-electron chi connectivity index (χ0n) is 14.5. The minimum atomic E-state index is -3.75. The predicted molar refractivity (Wildman–Crippen MR) is 89.7 cm³/mol. The van der Waals surface area contributed by atoms with Crippen LogP contribution in [-0.4, -0.2) is 39.0 Å². The minimum absolute atomic E-state index is 0.0169. The Morgan fingerprint density at radius 2 is 1.76 bits per heavy atom. The number of carbonyl (C=O) groups excluding carboxylic acids is 2. The Morgan fingerprint density at radius 1 is 1.16 bits per heavy atom. The Morgan fingerprint density at radius 3 is 2.32 bits per heavy atom. The predicted octanol–water partition coefficient (Wildman–Crippen LogP) is 1.34. The summed E-state index contributed by atoms with van der Waals surface area (Å²) in [6.45, 7) is 5.06.